The Morgan fingerprint density at radius 1 is 1.22 bits per heavy atom. The van der Waals surface area contributed by atoms with Crippen LogP contribution in [0.5, 0.6) is 5.75 Å². The first kappa shape index (κ1) is 16.9. The van der Waals surface area contributed by atoms with Crippen LogP contribution in [0.25, 0.3) is 0 Å². The molecule has 1 heterocycles. The van der Waals surface area contributed by atoms with E-state index in [4.69, 9.17) is 27.9 Å². The Morgan fingerprint density at radius 3 is 2.57 bits per heavy atom. The Labute approximate surface area is 147 Å². The van der Waals surface area contributed by atoms with Gasteiger partial charge in [-0.2, -0.15) is 0 Å². The van der Waals surface area contributed by atoms with E-state index in [-0.39, 0.29) is 5.91 Å². The van der Waals surface area contributed by atoms with Crippen LogP contribution < -0.4 is 4.74 Å². The van der Waals surface area contributed by atoms with Crippen molar-refractivity contribution in [1.82, 2.24) is 4.90 Å². The number of piperidine rings is 1. The lowest BCUT2D eigenvalue weighted by atomic mass is 9.74. The number of nitrogens with zero attached hydrogens (tertiary/aromatic N) is 1. The molecule has 3 rings (SSSR count). The molecule has 23 heavy (non-hydrogen) atoms. The molecule has 2 fully saturated rings. The van der Waals surface area contributed by atoms with Gasteiger partial charge in [-0.05, 0) is 56.1 Å². The molecule has 2 aliphatic rings. The fourth-order valence-electron chi connectivity index (χ4n) is 4.19. The summed E-state index contributed by atoms with van der Waals surface area (Å²) in [5, 5.41) is 0.767. The highest BCUT2D eigenvalue weighted by Crippen LogP contribution is 2.39. The van der Waals surface area contributed by atoms with Gasteiger partial charge in [0.05, 0.1) is 17.2 Å². The number of benzene rings is 1. The summed E-state index contributed by atoms with van der Waals surface area (Å²) >= 11 is 12.4. The highest BCUT2D eigenvalue weighted by Gasteiger charge is 2.38. The smallest absolute Gasteiger partial charge is 0.254 e. The van der Waals surface area contributed by atoms with Crippen molar-refractivity contribution in [3.05, 3.63) is 27.7 Å². The van der Waals surface area contributed by atoms with Gasteiger partial charge in [0.2, 0.25) is 0 Å². The zero-order valence-electron chi connectivity index (χ0n) is 13.6. The molecule has 1 amide bonds. The van der Waals surface area contributed by atoms with Gasteiger partial charge >= 0.3 is 0 Å². The number of fused-ring (bicyclic) bond motifs is 1. The first-order valence-corrected chi connectivity index (χ1v) is 9.11. The van der Waals surface area contributed by atoms with Gasteiger partial charge in [-0.3, -0.25) is 4.79 Å². The maximum Gasteiger partial charge on any atom is 0.254 e. The van der Waals surface area contributed by atoms with Gasteiger partial charge in [0, 0.05) is 18.2 Å². The van der Waals surface area contributed by atoms with E-state index < -0.39 is 0 Å². The molecular weight excluding hydrogens is 333 g/mol. The Balaban J connectivity index is 1.85. The topological polar surface area (TPSA) is 29.5 Å². The minimum absolute atomic E-state index is 0.0423. The Bertz CT molecular complexity index is 582. The van der Waals surface area contributed by atoms with E-state index in [0.29, 0.717) is 33.3 Å². The fraction of sp³-hybridized carbons (Fsp3) is 0.611. The number of methoxy groups -OCH3 is 1. The number of carbonyl (C=O) groups is 1. The van der Waals surface area contributed by atoms with Crippen LogP contribution >= 0.6 is 23.2 Å². The molecule has 3 nitrogen and oxygen atoms in total. The first-order chi connectivity index (χ1) is 11.0. The first-order valence-electron chi connectivity index (χ1n) is 8.35. The zero-order valence-corrected chi connectivity index (χ0v) is 15.2. The predicted molar refractivity (Wildman–Crippen MR) is 93.6 cm³/mol. The van der Waals surface area contributed by atoms with E-state index in [2.05, 4.69) is 11.8 Å². The van der Waals surface area contributed by atoms with Gasteiger partial charge < -0.3 is 9.64 Å². The Hall–Kier alpha value is -0.930. The molecule has 1 saturated carbocycles. The fourth-order valence-corrected chi connectivity index (χ4v) is 4.83. The van der Waals surface area contributed by atoms with E-state index in [9.17, 15) is 4.79 Å². The number of hydrogen-bond acceptors (Lipinski definition) is 2. The van der Waals surface area contributed by atoms with Crippen LogP contribution in [0.3, 0.4) is 0 Å². The van der Waals surface area contributed by atoms with Gasteiger partial charge in [0.15, 0.2) is 5.75 Å². The van der Waals surface area contributed by atoms with E-state index in [0.717, 1.165) is 25.3 Å². The van der Waals surface area contributed by atoms with Crippen LogP contribution in [0.2, 0.25) is 10.0 Å². The molecule has 0 bridgehead atoms. The van der Waals surface area contributed by atoms with E-state index in [1.165, 1.54) is 26.4 Å². The van der Waals surface area contributed by atoms with Crippen LogP contribution in [0, 0.1) is 11.8 Å². The van der Waals surface area contributed by atoms with Crippen LogP contribution in [-0.4, -0.2) is 30.5 Å². The zero-order chi connectivity index (χ0) is 16.6. The summed E-state index contributed by atoms with van der Waals surface area (Å²) in [5.74, 6) is 1.88. The normalized spacial score (nSPS) is 27.5. The second-order valence-electron chi connectivity index (χ2n) is 6.86. The monoisotopic (exact) mass is 355 g/mol. The van der Waals surface area contributed by atoms with Crippen molar-refractivity contribution in [2.24, 2.45) is 11.8 Å². The van der Waals surface area contributed by atoms with Crippen LogP contribution in [0.15, 0.2) is 12.1 Å². The summed E-state index contributed by atoms with van der Waals surface area (Å²) in [6, 6.07) is 3.71. The maximum absolute atomic E-state index is 13.0. The van der Waals surface area contributed by atoms with E-state index in [1.54, 1.807) is 12.1 Å². The molecule has 5 heteroatoms. The molecule has 0 unspecified atom stereocenters. The van der Waals surface area contributed by atoms with Gasteiger partial charge in [-0.1, -0.05) is 30.1 Å². The average Bonchev–Trinajstić information content (AvgIpc) is 2.53. The number of likely N-dealkylation sites (tertiary alicyclic amines) is 1. The van der Waals surface area contributed by atoms with Crippen molar-refractivity contribution in [2.75, 3.05) is 13.7 Å². The molecule has 1 aliphatic heterocycles. The number of amides is 1. The summed E-state index contributed by atoms with van der Waals surface area (Å²) in [5.41, 5.74) is 0.556. The van der Waals surface area contributed by atoms with Gasteiger partial charge in [-0.25, -0.2) is 0 Å². The lowest BCUT2D eigenvalue weighted by molar-refractivity contribution is 0.0322. The van der Waals surface area contributed by atoms with E-state index >= 15 is 0 Å². The predicted octanol–water partition coefficient (Wildman–Crippen LogP) is 5.04. The second-order valence-corrected chi connectivity index (χ2v) is 7.67. The quantitative estimate of drug-likeness (QED) is 0.743. The molecule has 1 aliphatic carbocycles. The number of hydrogen-bond donors (Lipinski definition) is 0. The van der Waals surface area contributed by atoms with Crippen LogP contribution in [0.1, 0.15) is 49.4 Å². The van der Waals surface area contributed by atoms with Crippen molar-refractivity contribution in [3.63, 3.8) is 0 Å². The molecule has 0 N–H and O–H groups in total. The number of carbonyl (C=O) groups excluding carboxylic acids is 1. The van der Waals surface area contributed by atoms with Crippen LogP contribution in [-0.2, 0) is 0 Å². The lowest BCUT2D eigenvalue weighted by Gasteiger charge is -2.45. The minimum Gasteiger partial charge on any atom is -0.494 e. The van der Waals surface area contributed by atoms with Crippen molar-refractivity contribution in [2.45, 2.75) is 45.1 Å². The number of ether oxygens (including phenoxy) is 1. The summed E-state index contributed by atoms with van der Waals surface area (Å²) in [7, 11) is 1.52. The highest BCUT2D eigenvalue weighted by atomic mass is 35.5. The summed E-state index contributed by atoms with van der Waals surface area (Å²) in [4.78, 5) is 15.1. The van der Waals surface area contributed by atoms with Gasteiger partial charge in [-0.15, -0.1) is 0 Å². The third kappa shape index (κ3) is 3.32. The summed E-state index contributed by atoms with van der Waals surface area (Å²) < 4.78 is 5.16. The Kier molecular flexibility index (Phi) is 5.07. The minimum atomic E-state index is 0.0423. The SMILES string of the molecule is COc1c(Cl)cc(C(=O)N2CCC[C@@H]3C[C@@H](C)CC[C@@H]32)cc1Cl. The van der Waals surface area contributed by atoms with E-state index in [1.807, 2.05) is 0 Å². The molecule has 0 spiro atoms. The standard InChI is InChI=1S/C18H23Cl2NO2/c1-11-5-6-16-12(8-11)4-3-7-21(16)18(22)13-9-14(19)17(23-2)15(20)10-13/h9-12,16H,3-8H2,1-2H3/t11-,12+,16-/m0/s1. The summed E-state index contributed by atoms with van der Waals surface area (Å²) in [6.07, 6.45) is 5.86. The Morgan fingerprint density at radius 2 is 1.91 bits per heavy atom. The average molecular weight is 356 g/mol. The molecular formula is C18H23Cl2NO2. The lowest BCUT2D eigenvalue weighted by Crippen LogP contribution is -2.50. The van der Waals surface area contributed by atoms with Crippen molar-refractivity contribution >= 4 is 29.1 Å². The molecule has 1 aromatic carbocycles. The molecule has 0 aromatic heterocycles. The number of halogens is 2. The molecule has 3 atom stereocenters. The molecule has 126 valence electrons. The van der Waals surface area contributed by atoms with Crippen molar-refractivity contribution in [1.29, 1.82) is 0 Å². The van der Waals surface area contributed by atoms with Crippen LogP contribution in [0.4, 0.5) is 0 Å². The highest BCUT2D eigenvalue weighted by molar-refractivity contribution is 6.37. The maximum atomic E-state index is 13.0. The van der Waals surface area contributed by atoms with Crippen molar-refractivity contribution < 1.29 is 9.53 Å². The van der Waals surface area contributed by atoms with Gasteiger partial charge in [0.1, 0.15) is 0 Å². The van der Waals surface area contributed by atoms with Crippen molar-refractivity contribution in [3.8, 4) is 5.75 Å². The molecule has 1 saturated heterocycles. The third-order valence-corrected chi connectivity index (χ3v) is 5.85. The molecule has 1 aromatic rings. The largest absolute Gasteiger partial charge is 0.494 e. The second kappa shape index (κ2) is 6.90. The number of rotatable bonds is 2. The van der Waals surface area contributed by atoms with Gasteiger partial charge in [0.25, 0.3) is 5.91 Å². The summed E-state index contributed by atoms with van der Waals surface area (Å²) in [6.45, 7) is 3.15. The molecule has 0 radical (unpaired) electrons. The third-order valence-electron chi connectivity index (χ3n) is 5.29.